The summed E-state index contributed by atoms with van der Waals surface area (Å²) in [6, 6.07) is 1.16. The van der Waals surface area contributed by atoms with Crippen molar-refractivity contribution in [2.75, 3.05) is 19.4 Å². The molecule has 0 bridgehead atoms. The Morgan fingerprint density at radius 2 is 1.81 bits per heavy atom. The van der Waals surface area contributed by atoms with Gasteiger partial charge in [0.1, 0.15) is 16.5 Å². The van der Waals surface area contributed by atoms with Crippen molar-refractivity contribution in [2.45, 2.75) is 43.7 Å². The summed E-state index contributed by atoms with van der Waals surface area (Å²) in [6.45, 7) is 4.73. The molecule has 0 aliphatic carbocycles. The highest BCUT2D eigenvalue weighted by Gasteiger charge is 2.44. The third kappa shape index (κ3) is 5.69. The van der Waals surface area contributed by atoms with Gasteiger partial charge in [0.25, 0.3) is 11.4 Å². The number of nitro groups is 2. The Balaban J connectivity index is 2.33. The Morgan fingerprint density at radius 1 is 1.19 bits per heavy atom. The number of hydrogen-bond donors (Lipinski definition) is 0. The monoisotopic (exact) mass is 473 g/mol. The van der Waals surface area contributed by atoms with Crippen LogP contribution >= 0.6 is 0 Å². The second-order valence-corrected chi connectivity index (χ2v) is 10.2. The van der Waals surface area contributed by atoms with E-state index in [1.54, 1.807) is 20.8 Å². The van der Waals surface area contributed by atoms with Gasteiger partial charge >= 0.3 is 12.1 Å². The summed E-state index contributed by atoms with van der Waals surface area (Å²) in [5, 5.41) is 22.2. The Hall–Kier alpha value is -3.29. The molecule has 1 saturated heterocycles. The summed E-state index contributed by atoms with van der Waals surface area (Å²) >= 11 is 0. The Morgan fingerprint density at radius 3 is 2.31 bits per heavy atom. The fraction of sp³-hybridized carbons (Fsp3) is 0.556. The maximum absolute atomic E-state index is 12.9. The van der Waals surface area contributed by atoms with Gasteiger partial charge in [0.15, 0.2) is 9.84 Å². The first kappa shape index (κ1) is 25.0. The number of carbonyl (C=O) groups is 2. The van der Waals surface area contributed by atoms with Crippen LogP contribution in [-0.4, -0.2) is 66.3 Å². The van der Waals surface area contributed by atoms with Crippen molar-refractivity contribution in [1.82, 2.24) is 4.90 Å². The molecular formula is C18H23N3O10S. The number of ether oxygens (including phenoxy) is 2. The predicted molar refractivity (Wildman–Crippen MR) is 109 cm³/mol. The van der Waals surface area contributed by atoms with Crippen LogP contribution in [0.3, 0.4) is 0 Å². The van der Waals surface area contributed by atoms with Gasteiger partial charge in [-0.2, -0.15) is 0 Å². The number of rotatable bonds is 6. The minimum Gasteiger partial charge on any atom is -0.467 e. The SMILES string of the molecule is COC(=O)[C@@H]1C[C@H](CS(=O)(=O)c2ccc([N+](=O)[O-])cc2[N+](=O)[O-])CN1C(=O)OC(C)(C)C. The number of esters is 1. The van der Waals surface area contributed by atoms with Crippen molar-refractivity contribution in [3.05, 3.63) is 38.4 Å². The second-order valence-electron chi connectivity index (χ2n) is 8.22. The number of nitrogens with zero attached hydrogens (tertiary/aromatic N) is 3. The molecular weight excluding hydrogens is 450 g/mol. The maximum atomic E-state index is 12.9. The summed E-state index contributed by atoms with van der Waals surface area (Å²) in [5.41, 5.74) is -2.41. The van der Waals surface area contributed by atoms with E-state index in [1.807, 2.05) is 0 Å². The molecule has 14 heteroatoms. The standard InChI is InChI=1S/C18H23N3O10S/c1-18(2,3)31-17(23)19-9-11(7-14(19)16(22)30-4)10-32(28,29)15-6-5-12(20(24)25)8-13(15)21(26)27/h5-6,8,11,14H,7,9-10H2,1-4H3/t11-,14-/m0/s1. The molecule has 1 heterocycles. The normalized spacial score (nSPS) is 18.8. The van der Waals surface area contributed by atoms with Crippen LogP contribution in [0.2, 0.25) is 0 Å². The van der Waals surface area contributed by atoms with Gasteiger partial charge in [-0.05, 0) is 39.2 Å². The van der Waals surface area contributed by atoms with Crippen LogP contribution in [-0.2, 0) is 24.1 Å². The van der Waals surface area contributed by atoms with Gasteiger partial charge in [0.2, 0.25) is 0 Å². The van der Waals surface area contributed by atoms with Gasteiger partial charge in [0.05, 0.1) is 28.8 Å². The number of nitro benzene ring substituents is 2. The van der Waals surface area contributed by atoms with Crippen molar-refractivity contribution < 1.29 is 37.3 Å². The number of sulfone groups is 1. The zero-order chi connectivity index (χ0) is 24.4. The molecule has 176 valence electrons. The average molecular weight is 473 g/mol. The van der Waals surface area contributed by atoms with Gasteiger partial charge < -0.3 is 9.47 Å². The van der Waals surface area contributed by atoms with Crippen LogP contribution in [0.5, 0.6) is 0 Å². The van der Waals surface area contributed by atoms with Crippen molar-refractivity contribution in [2.24, 2.45) is 5.92 Å². The van der Waals surface area contributed by atoms with Crippen molar-refractivity contribution in [3.8, 4) is 0 Å². The van der Waals surface area contributed by atoms with Crippen molar-refractivity contribution in [3.63, 3.8) is 0 Å². The lowest BCUT2D eigenvalue weighted by Gasteiger charge is -2.27. The third-order valence-electron chi connectivity index (χ3n) is 4.63. The van der Waals surface area contributed by atoms with Crippen LogP contribution in [0.15, 0.2) is 23.1 Å². The summed E-state index contributed by atoms with van der Waals surface area (Å²) in [4.78, 5) is 45.4. The highest BCUT2D eigenvalue weighted by atomic mass is 32.2. The predicted octanol–water partition coefficient (Wildman–Crippen LogP) is 2.08. The lowest BCUT2D eigenvalue weighted by molar-refractivity contribution is -0.396. The minimum atomic E-state index is -4.30. The summed E-state index contributed by atoms with van der Waals surface area (Å²) in [7, 11) is -3.17. The fourth-order valence-corrected chi connectivity index (χ4v) is 5.12. The molecule has 1 aliphatic rings. The summed E-state index contributed by atoms with van der Waals surface area (Å²) < 4.78 is 35.8. The molecule has 13 nitrogen and oxygen atoms in total. The first-order chi connectivity index (χ1) is 14.7. The van der Waals surface area contributed by atoms with Gasteiger partial charge in [-0.25, -0.2) is 18.0 Å². The minimum absolute atomic E-state index is 0.0636. The van der Waals surface area contributed by atoms with Crippen LogP contribution in [0.4, 0.5) is 16.2 Å². The van der Waals surface area contributed by atoms with E-state index in [0.29, 0.717) is 6.07 Å². The van der Waals surface area contributed by atoms with Crippen molar-refractivity contribution >= 4 is 33.3 Å². The lowest BCUT2D eigenvalue weighted by Crippen LogP contribution is -2.43. The Kier molecular flexibility index (Phi) is 7.07. The highest BCUT2D eigenvalue weighted by molar-refractivity contribution is 7.91. The number of benzene rings is 1. The van der Waals surface area contributed by atoms with Crippen LogP contribution in [0, 0.1) is 26.1 Å². The molecule has 0 saturated carbocycles. The summed E-state index contributed by atoms with van der Waals surface area (Å²) in [5.74, 6) is -2.14. The molecule has 1 aromatic rings. The molecule has 0 aromatic heterocycles. The van der Waals surface area contributed by atoms with Crippen molar-refractivity contribution in [1.29, 1.82) is 0 Å². The van der Waals surface area contributed by atoms with Gasteiger partial charge in [-0.15, -0.1) is 0 Å². The van der Waals surface area contributed by atoms with Crippen LogP contribution < -0.4 is 0 Å². The van der Waals surface area contributed by atoms with E-state index >= 15 is 0 Å². The highest BCUT2D eigenvalue weighted by Crippen LogP contribution is 2.33. The topological polar surface area (TPSA) is 176 Å². The molecule has 0 N–H and O–H groups in total. The van der Waals surface area contributed by atoms with E-state index in [2.05, 4.69) is 0 Å². The van der Waals surface area contributed by atoms with E-state index in [4.69, 9.17) is 9.47 Å². The molecule has 0 unspecified atom stereocenters. The molecule has 0 radical (unpaired) electrons. The summed E-state index contributed by atoms with van der Waals surface area (Å²) in [6.07, 6.45) is -0.888. The second kappa shape index (κ2) is 9.06. The molecule has 2 atom stereocenters. The average Bonchev–Trinajstić information content (AvgIpc) is 3.08. The van der Waals surface area contributed by atoms with E-state index in [-0.39, 0.29) is 13.0 Å². The van der Waals surface area contributed by atoms with Gasteiger partial charge in [0, 0.05) is 12.6 Å². The molecule has 0 spiro atoms. The number of methoxy groups -OCH3 is 1. The number of carbonyl (C=O) groups excluding carboxylic acids is 2. The van der Waals surface area contributed by atoms with Crippen LogP contribution in [0.1, 0.15) is 27.2 Å². The molecule has 1 aromatic carbocycles. The number of amides is 1. The zero-order valence-electron chi connectivity index (χ0n) is 17.8. The lowest BCUT2D eigenvalue weighted by atomic mass is 10.1. The fourth-order valence-electron chi connectivity index (χ4n) is 3.35. The largest absolute Gasteiger partial charge is 0.467 e. The van der Waals surface area contributed by atoms with Gasteiger partial charge in [-0.3, -0.25) is 25.1 Å². The Bertz CT molecular complexity index is 1050. The number of hydrogen-bond acceptors (Lipinski definition) is 10. The molecule has 1 fully saturated rings. The first-order valence-corrected chi connectivity index (χ1v) is 11.0. The smallest absolute Gasteiger partial charge is 0.411 e. The van der Waals surface area contributed by atoms with E-state index in [9.17, 15) is 38.2 Å². The molecule has 2 rings (SSSR count). The zero-order valence-corrected chi connectivity index (χ0v) is 18.7. The number of likely N-dealkylation sites (tertiary alicyclic amines) is 1. The quantitative estimate of drug-likeness (QED) is 0.337. The van der Waals surface area contributed by atoms with E-state index in [0.717, 1.165) is 24.1 Å². The van der Waals surface area contributed by atoms with Crippen LogP contribution in [0.25, 0.3) is 0 Å². The third-order valence-corrected chi connectivity index (χ3v) is 6.55. The maximum Gasteiger partial charge on any atom is 0.411 e. The van der Waals surface area contributed by atoms with E-state index in [1.165, 1.54) is 0 Å². The molecule has 32 heavy (non-hydrogen) atoms. The Labute approximate surface area is 183 Å². The van der Waals surface area contributed by atoms with E-state index < -0.39 is 71.3 Å². The first-order valence-electron chi connectivity index (χ1n) is 9.39. The molecule has 1 aliphatic heterocycles. The number of non-ortho nitro benzene ring substituents is 1. The van der Waals surface area contributed by atoms with Gasteiger partial charge in [-0.1, -0.05) is 0 Å². The molecule has 1 amide bonds.